The minimum atomic E-state index is -0.208. The lowest BCUT2D eigenvalue weighted by Gasteiger charge is -2.21. The Morgan fingerprint density at radius 1 is 0.864 bits per heavy atom. The van der Waals surface area contributed by atoms with E-state index in [0.29, 0.717) is 48.4 Å². The quantitative estimate of drug-likeness (QED) is 0.0893. The summed E-state index contributed by atoms with van der Waals surface area (Å²) in [4.78, 5) is 8.67. The van der Waals surface area contributed by atoms with E-state index in [2.05, 4.69) is 64.1 Å². The Kier molecular flexibility index (Phi) is 13.6. The summed E-state index contributed by atoms with van der Waals surface area (Å²) in [7, 11) is 2.03. The van der Waals surface area contributed by atoms with Gasteiger partial charge in [0.15, 0.2) is 0 Å². The van der Waals surface area contributed by atoms with Crippen molar-refractivity contribution in [2.45, 2.75) is 66.0 Å². The third-order valence-corrected chi connectivity index (χ3v) is 11.2. The molecule has 7 rings (SSSR count). The number of aliphatic hydroxyl groups excluding tert-OH is 1. The molecule has 1 aliphatic rings. The molecule has 0 radical (unpaired) electrons. The van der Waals surface area contributed by atoms with Gasteiger partial charge in [0.2, 0.25) is 0 Å². The molecule has 1 unspecified atom stereocenters. The van der Waals surface area contributed by atoms with Gasteiger partial charge in [0, 0.05) is 73.4 Å². The molecule has 1 saturated heterocycles. The van der Waals surface area contributed by atoms with Crippen LogP contribution in [0.1, 0.15) is 57.5 Å². The smallest absolute Gasteiger partial charge is 0.142 e. The minimum absolute atomic E-state index is 0.203. The molecule has 59 heavy (non-hydrogen) atoms. The zero-order chi connectivity index (χ0) is 41.3. The number of aryl methyl sites for hydroxylation is 1. The van der Waals surface area contributed by atoms with E-state index in [0.717, 1.165) is 99.8 Å². The van der Waals surface area contributed by atoms with E-state index in [9.17, 15) is 10.4 Å². The number of hydrogen-bond donors (Lipinski definition) is 1. The Balaban J connectivity index is 1.08. The van der Waals surface area contributed by atoms with Gasteiger partial charge in [-0.2, -0.15) is 5.26 Å². The molecular weight excluding hydrogens is 762 g/mol. The van der Waals surface area contributed by atoms with Gasteiger partial charge in [0.1, 0.15) is 48.0 Å². The van der Waals surface area contributed by atoms with Crippen LogP contribution >= 0.6 is 11.6 Å². The molecule has 2 aromatic heterocycles. The maximum Gasteiger partial charge on any atom is 0.142 e. The van der Waals surface area contributed by atoms with Crippen molar-refractivity contribution in [3.63, 3.8) is 0 Å². The summed E-state index contributed by atoms with van der Waals surface area (Å²) in [6.07, 6.45) is 4.77. The van der Waals surface area contributed by atoms with E-state index in [1.165, 1.54) is 6.20 Å². The molecule has 0 amide bonds. The van der Waals surface area contributed by atoms with Crippen molar-refractivity contribution >= 4 is 11.6 Å². The van der Waals surface area contributed by atoms with Crippen molar-refractivity contribution in [1.29, 1.82) is 5.26 Å². The van der Waals surface area contributed by atoms with Gasteiger partial charge in [-0.05, 0) is 86.7 Å². The number of rotatable bonds is 17. The molecule has 1 atom stereocenters. The number of nitriles is 1. The highest BCUT2D eigenvalue weighted by atomic mass is 35.5. The van der Waals surface area contributed by atoms with Crippen LogP contribution in [0.5, 0.6) is 17.2 Å². The number of ether oxygens (including phenoxy) is 3. The van der Waals surface area contributed by atoms with Crippen molar-refractivity contribution in [2.24, 2.45) is 0 Å². The van der Waals surface area contributed by atoms with E-state index in [1.807, 2.05) is 68.6 Å². The molecule has 6 aromatic rings. The van der Waals surface area contributed by atoms with E-state index >= 15 is 0 Å². The highest BCUT2D eigenvalue weighted by Gasteiger charge is 2.21. The Morgan fingerprint density at radius 2 is 1.64 bits per heavy atom. The summed E-state index contributed by atoms with van der Waals surface area (Å²) < 4.78 is 24.8. The molecule has 11 heteroatoms. The van der Waals surface area contributed by atoms with Crippen LogP contribution in [0.2, 0.25) is 5.02 Å². The normalized spacial score (nSPS) is 14.1. The average Bonchev–Trinajstić information content (AvgIpc) is 3.83. The summed E-state index contributed by atoms with van der Waals surface area (Å²) in [5.41, 5.74) is 10.4. The number of pyridine rings is 1. The van der Waals surface area contributed by atoms with Crippen molar-refractivity contribution in [3.05, 3.63) is 147 Å². The molecule has 0 spiro atoms. The fraction of sp³-hybridized carbons (Fsp3) is 0.312. The number of nitrogens with zero attached hydrogens (tertiary/aromatic N) is 5. The Morgan fingerprint density at radius 3 is 2.42 bits per heavy atom. The van der Waals surface area contributed by atoms with Gasteiger partial charge in [-0.1, -0.05) is 77.4 Å². The van der Waals surface area contributed by atoms with Crippen molar-refractivity contribution in [1.82, 2.24) is 19.9 Å². The Hall–Kier alpha value is -5.70. The van der Waals surface area contributed by atoms with Crippen LogP contribution < -0.4 is 14.2 Å². The number of β-amino-alcohol motifs (C(OH)–C–C–N with tert-alkyl or cyclic N) is 1. The Labute approximate surface area is 351 Å². The number of hydrogen-bond acceptors (Lipinski definition) is 10. The largest absolute Gasteiger partial charge is 0.493 e. The third-order valence-electron chi connectivity index (χ3n) is 10.9. The van der Waals surface area contributed by atoms with Crippen LogP contribution in [0.25, 0.3) is 22.4 Å². The molecule has 4 aromatic carbocycles. The second kappa shape index (κ2) is 19.4. The van der Waals surface area contributed by atoms with E-state index in [1.54, 1.807) is 12.3 Å². The van der Waals surface area contributed by atoms with Gasteiger partial charge in [0.05, 0.1) is 23.3 Å². The predicted octanol–water partition coefficient (Wildman–Crippen LogP) is 9.48. The topological polar surface area (TPSA) is 117 Å². The standard InChI is InChI=1S/C48H50ClN5O5/c1-32-38(13-8-14-41(32)42-15-9-16-45(33(42)2)56-20-10-18-54-19-17-40(55)28-54)31-58-47-23-46(57-30-36-21-35(24-50)25-51-26-36)39(22-44(47)49)27-53(4)29-43-34(3)59-52-48(43)37-11-6-5-7-12-37/h5-9,11-16,21-23,25-26,40,55H,10,17-20,27-31H2,1-4H3. The first-order chi connectivity index (χ1) is 28.7. The third kappa shape index (κ3) is 10.3. The highest BCUT2D eigenvalue weighted by molar-refractivity contribution is 6.32. The number of benzene rings is 4. The van der Waals surface area contributed by atoms with Crippen molar-refractivity contribution < 1.29 is 23.8 Å². The van der Waals surface area contributed by atoms with Gasteiger partial charge in [-0.3, -0.25) is 9.88 Å². The molecule has 0 bridgehead atoms. The van der Waals surface area contributed by atoms with Crippen LogP contribution in [-0.2, 0) is 26.3 Å². The molecule has 1 N–H and O–H groups in total. The van der Waals surface area contributed by atoms with Gasteiger partial charge in [-0.25, -0.2) is 0 Å². The molecule has 0 aliphatic carbocycles. The molecule has 1 fully saturated rings. The lowest BCUT2D eigenvalue weighted by Crippen LogP contribution is -2.24. The number of halogens is 1. The first-order valence-corrected chi connectivity index (χ1v) is 20.4. The van der Waals surface area contributed by atoms with Crippen LogP contribution in [0, 0.1) is 32.1 Å². The minimum Gasteiger partial charge on any atom is -0.493 e. The summed E-state index contributed by atoms with van der Waals surface area (Å²) in [5.74, 6) is 2.75. The van der Waals surface area contributed by atoms with Crippen LogP contribution in [0.3, 0.4) is 0 Å². The maximum atomic E-state index is 9.84. The van der Waals surface area contributed by atoms with Gasteiger partial charge in [0.25, 0.3) is 0 Å². The van der Waals surface area contributed by atoms with Gasteiger partial charge < -0.3 is 28.7 Å². The Bertz CT molecular complexity index is 2410. The molecular formula is C48H50ClN5O5. The second-order valence-electron chi connectivity index (χ2n) is 15.2. The zero-order valence-corrected chi connectivity index (χ0v) is 34.8. The van der Waals surface area contributed by atoms with Crippen LogP contribution in [0.15, 0.2) is 102 Å². The van der Waals surface area contributed by atoms with E-state index < -0.39 is 0 Å². The first kappa shape index (κ1) is 41.5. The van der Waals surface area contributed by atoms with E-state index in [4.69, 9.17) is 30.3 Å². The molecule has 3 heterocycles. The monoisotopic (exact) mass is 811 g/mol. The summed E-state index contributed by atoms with van der Waals surface area (Å²) in [6.45, 7) is 11.0. The molecule has 10 nitrogen and oxygen atoms in total. The van der Waals surface area contributed by atoms with Crippen LogP contribution in [-0.4, -0.2) is 64.4 Å². The average molecular weight is 812 g/mol. The zero-order valence-electron chi connectivity index (χ0n) is 34.1. The predicted molar refractivity (Wildman–Crippen MR) is 229 cm³/mol. The molecule has 1 aliphatic heterocycles. The van der Waals surface area contributed by atoms with Gasteiger partial charge >= 0.3 is 0 Å². The maximum absolute atomic E-state index is 9.84. The number of likely N-dealkylation sites (tertiary alicyclic amines) is 1. The van der Waals surface area contributed by atoms with Crippen molar-refractivity contribution in [2.75, 3.05) is 33.3 Å². The first-order valence-electron chi connectivity index (χ1n) is 20.0. The lowest BCUT2D eigenvalue weighted by atomic mass is 9.93. The fourth-order valence-corrected chi connectivity index (χ4v) is 7.83. The second-order valence-corrected chi connectivity index (χ2v) is 15.6. The van der Waals surface area contributed by atoms with E-state index in [-0.39, 0.29) is 12.7 Å². The SMILES string of the molecule is Cc1onc(-c2ccccc2)c1CN(C)Cc1cc(Cl)c(OCc2cccc(-c3cccc(OCCCN4CCC(O)C4)c3C)c2C)cc1OCc1cncc(C#N)c1. The molecule has 304 valence electrons. The summed E-state index contributed by atoms with van der Waals surface area (Å²) in [6, 6.07) is 30.1. The fourth-order valence-electron chi connectivity index (χ4n) is 7.59. The molecule has 0 saturated carbocycles. The van der Waals surface area contributed by atoms with Gasteiger partial charge in [-0.15, -0.1) is 0 Å². The highest BCUT2D eigenvalue weighted by Crippen LogP contribution is 2.37. The van der Waals surface area contributed by atoms with Crippen LogP contribution in [0.4, 0.5) is 0 Å². The number of aromatic nitrogens is 2. The summed E-state index contributed by atoms with van der Waals surface area (Å²) >= 11 is 6.98. The number of aliphatic hydroxyl groups is 1. The lowest BCUT2D eigenvalue weighted by molar-refractivity contribution is 0.173. The summed E-state index contributed by atoms with van der Waals surface area (Å²) in [5, 5.41) is 24.1. The van der Waals surface area contributed by atoms with Crippen molar-refractivity contribution in [3.8, 4) is 45.7 Å².